The molecule has 0 spiro atoms. The Bertz CT molecular complexity index is 932. The van der Waals surface area contributed by atoms with Crippen molar-refractivity contribution in [1.82, 2.24) is 15.1 Å². The molecule has 2 aliphatic heterocycles. The van der Waals surface area contributed by atoms with Gasteiger partial charge in [-0.3, -0.25) is 14.5 Å². The normalized spacial score (nSPS) is 22.6. The average molecular weight is 505 g/mol. The molecule has 9 heteroatoms. The number of carboxylic acid groups (broad SMARTS) is 1. The van der Waals surface area contributed by atoms with Crippen LogP contribution in [-0.4, -0.2) is 90.4 Å². The number of allylic oxidation sites excluding steroid dienone is 2. The van der Waals surface area contributed by atoms with Crippen molar-refractivity contribution in [2.45, 2.75) is 35.4 Å². The molecule has 1 aromatic rings. The van der Waals surface area contributed by atoms with Crippen molar-refractivity contribution in [2.75, 3.05) is 57.3 Å². The van der Waals surface area contributed by atoms with E-state index >= 15 is 0 Å². The van der Waals surface area contributed by atoms with Gasteiger partial charge in [-0.05, 0) is 37.3 Å². The number of benzene rings is 1. The standard InChI is InChI=1S/C25H33ClN4O3S/c26-19-6-7-23-21(18-19)30(20-4-1-2-5-22(20)34-23)12-3-11-28-14-16-29(17-15-28)13-10-27-24(31)8-9-25(32)33/h1-2,4-7,18,21,23H,3,8-17H2,(H,27,31)(H,32,33). The highest BCUT2D eigenvalue weighted by Crippen LogP contribution is 2.44. The fourth-order valence-electron chi connectivity index (χ4n) is 4.72. The second-order valence-corrected chi connectivity index (χ2v) is 10.6. The third-order valence-corrected chi connectivity index (χ3v) is 8.12. The lowest BCUT2D eigenvalue weighted by Gasteiger charge is -2.43. The van der Waals surface area contributed by atoms with Gasteiger partial charge in [0, 0.05) is 62.2 Å². The largest absolute Gasteiger partial charge is 0.481 e. The van der Waals surface area contributed by atoms with Crippen LogP contribution < -0.4 is 10.2 Å². The molecular formula is C25H33ClN4O3S. The molecule has 1 aliphatic carbocycles. The number of aliphatic carboxylic acids is 1. The zero-order valence-corrected chi connectivity index (χ0v) is 20.9. The minimum absolute atomic E-state index is 0.0448. The van der Waals surface area contributed by atoms with E-state index in [1.54, 1.807) is 0 Å². The minimum Gasteiger partial charge on any atom is -0.481 e. The van der Waals surface area contributed by atoms with Gasteiger partial charge in [-0.2, -0.15) is 0 Å². The topological polar surface area (TPSA) is 76.1 Å². The van der Waals surface area contributed by atoms with E-state index in [0.717, 1.165) is 57.3 Å². The molecule has 2 heterocycles. The third-order valence-electron chi connectivity index (χ3n) is 6.56. The number of thioether (sulfide) groups is 1. The molecule has 0 saturated carbocycles. The molecule has 4 rings (SSSR count). The molecule has 0 aromatic heterocycles. The van der Waals surface area contributed by atoms with Gasteiger partial charge in [0.2, 0.25) is 5.91 Å². The Hall–Kier alpha value is -2.00. The van der Waals surface area contributed by atoms with E-state index in [4.69, 9.17) is 16.7 Å². The van der Waals surface area contributed by atoms with Crippen molar-refractivity contribution in [2.24, 2.45) is 0 Å². The van der Waals surface area contributed by atoms with Crippen molar-refractivity contribution in [1.29, 1.82) is 0 Å². The summed E-state index contributed by atoms with van der Waals surface area (Å²) in [7, 11) is 0. The van der Waals surface area contributed by atoms with Crippen LogP contribution in [0.4, 0.5) is 5.69 Å². The number of hydrogen-bond acceptors (Lipinski definition) is 6. The van der Waals surface area contributed by atoms with Crippen molar-refractivity contribution < 1.29 is 14.7 Å². The Morgan fingerprint density at radius 2 is 1.79 bits per heavy atom. The van der Waals surface area contributed by atoms with Crippen molar-refractivity contribution in [3.63, 3.8) is 0 Å². The van der Waals surface area contributed by atoms with E-state index in [0.29, 0.717) is 17.8 Å². The summed E-state index contributed by atoms with van der Waals surface area (Å²) in [4.78, 5) is 30.9. The quantitative estimate of drug-likeness (QED) is 0.507. The molecule has 1 amide bonds. The number of halogens is 1. The van der Waals surface area contributed by atoms with Gasteiger partial charge in [0.1, 0.15) is 0 Å². The molecule has 1 fully saturated rings. The van der Waals surface area contributed by atoms with Gasteiger partial charge >= 0.3 is 5.97 Å². The molecular weight excluding hydrogens is 472 g/mol. The molecule has 184 valence electrons. The van der Waals surface area contributed by atoms with Crippen LogP contribution >= 0.6 is 23.4 Å². The Morgan fingerprint density at radius 1 is 1.06 bits per heavy atom. The number of carbonyl (C=O) groups is 2. The van der Waals surface area contributed by atoms with E-state index in [9.17, 15) is 9.59 Å². The molecule has 7 nitrogen and oxygen atoms in total. The Balaban J connectivity index is 1.19. The van der Waals surface area contributed by atoms with Crippen LogP contribution in [0.25, 0.3) is 0 Å². The van der Waals surface area contributed by atoms with Crippen LogP contribution in [0.2, 0.25) is 0 Å². The molecule has 0 bridgehead atoms. The maximum atomic E-state index is 11.7. The first-order chi connectivity index (χ1) is 16.5. The lowest BCUT2D eigenvalue weighted by atomic mass is 10.0. The van der Waals surface area contributed by atoms with E-state index < -0.39 is 5.97 Å². The van der Waals surface area contributed by atoms with E-state index in [1.807, 2.05) is 17.8 Å². The van der Waals surface area contributed by atoms with Crippen LogP contribution in [-0.2, 0) is 9.59 Å². The highest BCUT2D eigenvalue weighted by atomic mass is 35.5. The number of carboxylic acids is 1. The highest BCUT2D eigenvalue weighted by molar-refractivity contribution is 8.00. The first kappa shape index (κ1) is 25.1. The van der Waals surface area contributed by atoms with Gasteiger partial charge in [0.25, 0.3) is 0 Å². The highest BCUT2D eigenvalue weighted by Gasteiger charge is 2.33. The maximum absolute atomic E-state index is 11.7. The van der Waals surface area contributed by atoms with Crippen LogP contribution in [0.1, 0.15) is 19.3 Å². The number of nitrogens with one attached hydrogen (secondary N) is 1. The second kappa shape index (κ2) is 12.1. The van der Waals surface area contributed by atoms with Gasteiger partial charge < -0.3 is 20.2 Å². The summed E-state index contributed by atoms with van der Waals surface area (Å²) in [6.07, 6.45) is 7.46. The summed E-state index contributed by atoms with van der Waals surface area (Å²) < 4.78 is 0. The Morgan fingerprint density at radius 3 is 2.56 bits per heavy atom. The number of para-hydroxylation sites is 1. The molecule has 2 N–H and O–H groups in total. The summed E-state index contributed by atoms with van der Waals surface area (Å²) in [6.45, 7) is 7.46. The fraction of sp³-hybridized carbons (Fsp3) is 0.520. The van der Waals surface area contributed by atoms with E-state index in [-0.39, 0.29) is 18.7 Å². The van der Waals surface area contributed by atoms with Gasteiger partial charge in [-0.15, -0.1) is 11.8 Å². The lowest BCUT2D eigenvalue weighted by molar-refractivity contribution is -0.138. The second-order valence-electron chi connectivity index (χ2n) is 8.93. The van der Waals surface area contributed by atoms with Crippen molar-refractivity contribution in [3.8, 4) is 0 Å². The monoisotopic (exact) mass is 504 g/mol. The van der Waals surface area contributed by atoms with E-state index in [1.165, 1.54) is 10.6 Å². The van der Waals surface area contributed by atoms with E-state index in [2.05, 4.69) is 56.4 Å². The summed E-state index contributed by atoms with van der Waals surface area (Å²) in [5.41, 5.74) is 1.31. The number of rotatable bonds is 10. The summed E-state index contributed by atoms with van der Waals surface area (Å²) in [5, 5.41) is 12.7. The number of fused-ring (bicyclic) bond motifs is 2. The predicted octanol–water partition coefficient (Wildman–Crippen LogP) is 3.02. The summed E-state index contributed by atoms with van der Waals surface area (Å²) in [6, 6.07) is 8.95. The number of hydrogen-bond donors (Lipinski definition) is 2. The number of carbonyl (C=O) groups excluding carboxylic acids is 1. The molecule has 2 unspecified atom stereocenters. The predicted molar refractivity (Wildman–Crippen MR) is 138 cm³/mol. The number of piperazine rings is 1. The lowest BCUT2D eigenvalue weighted by Crippen LogP contribution is -2.49. The molecule has 0 radical (unpaired) electrons. The Labute approximate surface area is 210 Å². The average Bonchev–Trinajstić information content (AvgIpc) is 2.83. The fourth-order valence-corrected chi connectivity index (χ4v) is 6.21. The minimum atomic E-state index is -0.940. The van der Waals surface area contributed by atoms with Crippen LogP contribution in [0.5, 0.6) is 0 Å². The van der Waals surface area contributed by atoms with Crippen molar-refractivity contribution >= 4 is 40.9 Å². The molecule has 2 atom stereocenters. The van der Waals surface area contributed by atoms with Gasteiger partial charge in [-0.25, -0.2) is 0 Å². The number of anilines is 1. The molecule has 1 saturated heterocycles. The number of amides is 1. The first-order valence-electron chi connectivity index (χ1n) is 12.0. The smallest absolute Gasteiger partial charge is 0.303 e. The summed E-state index contributed by atoms with van der Waals surface area (Å²) >= 11 is 8.28. The molecule has 1 aromatic carbocycles. The van der Waals surface area contributed by atoms with Crippen LogP contribution in [0.15, 0.2) is 52.4 Å². The van der Waals surface area contributed by atoms with Gasteiger partial charge in [-0.1, -0.05) is 29.8 Å². The van der Waals surface area contributed by atoms with Crippen molar-refractivity contribution in [3.05, 3.63) is 47.5 Å². The van der Waals surface area contributed by atoms with Gasteiger partial charge in [0.15, 0.2) is 0 Å². The summed E-state index contributed by atoms with van der Waals surface area (Å²) in [5.74, 6) is -1.13. The molecule has 3 aliphatic rings. The van der Waals surface area contributed by atoms with Crippen LogP contribution in [0, 0.1) is 0 Å². The third kappa shape index (κ3) is 6.78. The Kier molecular flexibility index (Phi) is 8.94. The number of nitrogens with zero attached hydrogens (tertiary/aromatic N) is 3. The van der Waals surface area contributed by atoms with Crippen LogP contribution in [0.3, 0.4) is 0 Å². The zero-order chi connectivity index (χ0) is 23.9. The zero-order valence-electron chi connectivity index (χ0n) is 19.4. The maximum Gasteiger partial charge on any atom is 0.303 e. The SMILES string of the molecule is O=C(O)CCC(=O)NCCN1CCN(CCCN2c3ccccc3SC3C=CC(Cl)=CC32)CC1. The van der Waals surface area contributed by atoms with Gasteiger partial charge in [0.05, 0.1) is 23.4 Å². The first-order valence-corrected chi connectivity index (χ1v) is 13.3. The molecule has 34 heavy (non-hydrogen) atoms.